The molecule has 2 aliphatic rings. The Labute approximate surface area is 216 Å². The molecule has 1 saturated heterocycles. The zero-order valence-corrected chi connectivity index (χ0v) is 21.5. The van der Waals surface area contributed by atoms with E-state index in [2.05, 4.69) is 45.4 Å². The van der Waals surface area contributed by atoms with Gasteiger partial charge in [0, 0.05) is 55.3 Å². The van der Waals surface area contributed by atoms with E-state index >= 15 is 0 Å². The Bertz CT molecular complexity index is 1400. The largest absolute Gasteiger partial charge is 0.453 e. The van der Waals surface area contributed by atoms with Crippen LogP contribution in [0.2, 0.25) is 5.02 Å². The Kier molecular flexibility index (Phi) is 6.09. The number of aryl methyl sites for hydroxylation is 1. The van der Waals surface area contributed by atoms with E-state index in [1.807, 2.05) is 36.7 Å². The molecule has 0 aliphatic carbocycles. The fraction of sp³-hybridized carbons (Fsp3) is 0.357. The van der Waals surface area contributed by atoms with Crippen molar-refractivity contribution in [1.82, 2.24) is 14.8 Å². The normalized spacial score (nSPS) is 15.2. The molecule has 0 spiro atoms. The average Bonchev–Trinajstić information content (AvgIpc) is 3.50. The van der Waals surface area contributed by atoms with Gasteiger partial charge in [0.05, 0.1) is 28.8 Å². The lowest BCUT2D eigenvalue weighted by Crippen LogP contribution is -2.47. The molecule has 1 fully saturated rings. The minimum absolute atomic E-state index is 0.248. The maximum absolute atomic E-state index is 6.41. The maximum Gasteiger partial charge on any atom is 0.231 e. The van der Waals surface area contributed by atoms with Crippen molar-refractivity contribution >= 4 is 33.9 Å². The SMILES string of the molecule is CCCc1nn(Cc2ccncc2)c2cc3c(c(N4CCN(c5cccc(Cl)c5C)CC4)c12)OCO3. The van der Waals surface area contributed by atoms with Crippen LogP contribution >= 0.6 is 11.6 Å². The minimum Gasteiger partial charge on any atom is -0.453 e. The molecule has 186 valence electrons. The molecule has 0 amide bonds. The first kappa shape index (κ1) is 23.0. The lowest BCUT2D eigenvalue weighted by molar-refractivity contribution is 0.174. The highest BCUT2D eigenvalue weighted by Crippen LogP contribution is 2.48. The smallest absolute Gasteiger partial charge is 0.231 e. The van der Waals surface area contributed by atoms with Gasteiger partial charge in [-0.05, 0) is 48.7 Å². The van der Waals surface area contributed by atoms with Crippen molar-refractivity contribution in [1.29, 1.82) is 0 Å². The number of piperazine rings is 1. The number of benzene rings is 2. The number of nitrogens with zero attached hydrogens (tertiary/aromatic N) is 5. The van der Waals surface area contributed by atoms with E-state index in [1.54, 1.807) is 0 Å². The molecule has 7 nitrogen and oxygen atoms in total. The predicted molar refractivity (Wildman–Crippen MR) is 144 cm³/mol. The van der Waals surface area contributed by atoms with Gasteiger partial charge in [-0.1, -0.05) is 31.0 Å². The van der Waals surface area contributed by atoms with Crippen LogP contribution in [-0.4, -0.2) is 47.7 Å². The number of aromatic nitrogens is 3. The second-order valence-electron chi connectivity index (χ2n) is 9.42. The lowest BCUT2D eigenvalue weighted by Gasteiger charge is -2.38. The van der Waals surface area contributed by atoms with Crippen LogP contribution in [0.3, 0.4) is 0 Å². The molecule has 4 aromatic rings. The molecule has 2 aliphatic heterocycles. The highest BCUT2D eigenvalue weighted by atomic mass is 35.5. The van der Waals surface area contributed by atoms with Crippen LogP contribution in [0, 0.1) is 6.92 Å². The fourth-order valence-corrected chi connectivity index (χ4v) is 5.52. The van der Waals surface area contributed by atoms with Crippen molar-refractivity contribution in [2.24, 2.45) is 0 Å². The van der Waals surface area contributed by atoms with E-state index in [9.17, 15) is 0 Å². The van der Waals surface area contributed by atoms with Crippen molar-refractivity contribution in [2.45, 2.75) is 33.2 Å². The van der Waals surface area contributed by atoms with Gasteiger partial charge in [0.1, 0.15) is 0 Å². The molecule has 0 N–H and O–H groups in total. The first-order chi connectivity index (χ1) is 17.6. The van der Waals surface area contributed by atoms with Crippen molar-refractivity contribution in [3.8, 4) is 11.5 Å². The minimum atomic E-state index is 0.248. The van der Waals surface area contributed by atoms with E-state index < -0.39 is 0 Å². The van der Waals surface area contributed by atoms with Crippen LogP contribution in [0.5, 0.6) is 11.5 Å². The lowest BCUT2D eigenvalue weighted by atomic mass is 10.1. The summed E-state index contributed by atoms with van der Waals surface area (Å²) in [5.41, 5.74) is 6.83. The van der Waals surface area contributed by atoms with Gasteiger partial charge in [0.25, 0.3) is 0 Å². The van der Waals surface area contributed by atoms with Crippen LogP contribution < -0.4 is 19.3 Å². The molecule has 0 unspecified atom stereocenters. The van der Waals surface area contributed by atoms with Gasteiger partial charge in [-0.2, -0.15) is 5.10 Å². The molecule has 0 radical (unpaired) electrons. The van der Waals surface area contributed by atoms with Crippen LogP contribution in [0.4, 0.5) is 11.4 Å². The molecular weight excluding hydrogens is 474 g/mol. The molecule has 36 heavy (non-hydrogen) atoms. The van der Waals surface area contributed by atoms with Gasteiger partial charge < -0.3 is 19.3 Å². The number of hydrogen-bond donors (Lipinski definition) is 0. The van der Waals surface area contributed by atoms with Crippen LogP contribution in [-0.2, 0) is 13.0 Å². The number of anilines is 2. The van der Waals surface area contributed by atoms with E-state index in [0.29, 0.717) is 6.54 Å². The van der Waals surface area contributed by atoms with Gasteiger partial charge in [-0.25, -0.2) is 0 Å². The summed E-state index contributed by atoms with van der Waals surface area (Å²) in [6.07, 6.45) is 5.59. The second kappa shape index (κ2) is 9.54. The average molecular weight is 504 g/mol. The van der Waals surface area contributed by atoms with Gasteiger partial charge in [0.2, 0.25) is 6.79 Å². The second-order valence-corrected chi connectivity index (χ2v) is 9.83. The van der Waals surface area contributed by atoms with Gasteiger partial charge in [-0.3, -0.25) is 9.67 Å². The van der Waals surface area contributed by atoms with Crippen molar-refractivity contribution < 1.29 is 9.47 Å². The van der Waals surface area contributed by atoms with E-state index in [4.69, 9.17) is 26.2 Å². The summed E-state index contributed by atoms with van der Waals surface area (Å²) < 4.78 is 14.1. The molecule has 2 aromatic heterocycles. The molecule has 4 heterocycles. The summed E-state index contributed by atoms with van der Waals surface area (Å²) in [6, 6.07) is 12.3. The molecule has 0 saturated carbocycles. The first-order valence-electron chi connectivity index (χ1n) is 12.6. The van der Waals surface area contributed by atoms with Crippen LogP contribution in [0.1, 0.15) is 30.2 Å². The fourth-order valence-electron chi connectivity index (χ4n) is 5.35. The highest BCUT2D eigenvalue weighted by Gasteiger charge is 2.31. The van der Waals surface area contributed by atoms with Gasteiger partial charge >= 0.3 is 0 Å². The van der Waals surface area contributed by atoms with Crippen LogP contribution in [0.15, 0.2) is 48.8 Å². The predicted octanol–water partition coefficient (Wildman–Crippen LogP) is 5.45. The summed E-state index contributed by atoms with van der Waals surface area (Å²) in [5, 5.41) is 7.08. The molecule has 8 heteroatoms. The van der Waals surface area contributed by atoms with Crippen LogP contribution in [0.25, 0.3) is 10.9 Å². The number of hydrogen-bond acceptors (Lipinski definition) is 6. The van der Waals surface area contributed by atoms with Crippen molar-refractivity contribution in [3.05, 3.63) is 70.6 Å². The third kappa shape index (κ3) is 4.01. The third-order valence-electron chi connectivity index (χ3n) is 7.17. The zero-order valence-electron chi connectivity index (χ0n) is 20.7. The third-order valence-corrected chi connectivity index (χ3v) is 7.58. The van der Waals surface area contributed by atoms with Gasteiger partial charge in [-0.15, -0.1) is 0 Å². The van der Waals surface area contributed by atoms with E-state index in [0.717, 1.165) is 78.0 Å². The van der Waals surface area contributed by atoms with E-state index in [-0.39, 0.29) is 6.79 Å². The standard InChI is InChI=1S/C28H30ClN5O2/c1-3-5-22-26-24(34(31-22)17-20-8-10-30-11-9-20)16-25-28(36-18-35-25)27(26)33-14-12-32(13-15-33)23-7-4-6-21(29)19(23)2/h4,6-11,16H,3,5,12-15,17-18H2,1-2H3. The zero-order chi connectivity index (χ0) is 24.6. The number of rotatable bonds is 6. The van der Waals surface area contributed by atoms with Gasteiger partial charge in [0.15, 0.2) is 11.5 Å². The molecule has 2 aromatic carbocycles. The van der Waals surface area contributed by atoms with E-state index in [1.165, 1.54) is 16.6 Å². The number of halogens is 1. The summed E-state index contributed by atoms with van der Waals surface area (Å²) >= 11 is 6.41. The molecule has 0 atom stereocenters. The molecule has 6 rings (SSSR count). The Balaban J connectivity index is 1.39. The topological polar surface area (TPSA) is 55.7 Å². The van der Waals surface area contributed by atoms with Crippen molar-refractivity contribution in [2.75, 3.05) is 42.8 Å². The first-order valence-corrected chi connectivity index (χ1v) is 13.0. The quantitative estimate of drug-likeness (QED) is 0.349. The number of pyridine rings is 1. The summed E-state index contributed by atoms with van der Waals surface area (Å²) in [4.78, 5) is 9.03. The summed E-state index contributed by atoms with van der Waals surface area (Å²) in [6.45, 7) is 8.79. The number of fused-ring (bicyclic) bond motifs is 2. The Hall–Kier alpha value is -3.45. The monoisotopic (exact) mass is 503 g/mol. The maximum atomic E-state index is 6.41. The summed E-state index contributed by atoms with van der Waals surface area (Å²) in [7, 11) is 0. The highest BCUT2D eigenvalue weighted by molar-refractivity contribution is 6.31. The molecular formula is C28H30ClN5O2. The van der Waals surface area contributed by atoms with Crippen molar-refractivity contribution in [3.63, 3.8) is 0 Å². The summed E-state index contributed by atoms with van der Waals surface area (Å²) in [5.74, 6) is 1.64. The Morgan fingerprint density at radius 2 is 1.78 bits per heavy atom. The number of ether oxygens (including phenoxy) is 2. The Morgan fingerprint density at radius 3 is 2.56 bits per heavy atom. The Morgan fingerprint density at radius 1 is 1.00 bits per heavy atom. The molecule has 0 bridgehead atoms.